The third kappa shape index (κ3) is 2.74. The summed E-state index contributed by atoms with van der Waals surface area (Å²) < 4.78 is 40.3. The summed E-state index contributed by atoms with van der Waals surface area (Å²) in [6, 6.07) is 5.55. The number of halogens is 3. The molecule has 0 radical (unpaired) electrons. The Morgan fingerprint density at radius 1 is 1.29 bits per heavy atom. The van der Waals surface area contributed by atoms with Gasteiger partial charge in [0.05, 0.1) is 12.1 Å². The number of carbonyl (C=O) groups is 1. The van der Waals surface area contributed by atoms with Gasteiger partial charge in [0.2, 0.25) is 5.91 Å². The molecule has 7 heteroatoms. The zero-order chi connectivity index (χ0) is 12.5. The average Bonchev–Trinajstić information content (AvgIpc) is 2.63. The molecule has 1 aliphatic heterocycles. The van der Waals surface area contributed by atoms with Crippen LogP contribution in [-0.4, -0.2) is 18.0 Å². The Balaban J connectivity index is 2.31. The van der Waals surface area contributed by atoms with Crippen molar-refractivity contribution in [1.82, 2.24) is 5.43 Å². The molecule has 0 fully saturated rings. The Hall–Kier alpha value is -2.05. The fourth-order valence-electron chi connectivity index (χ4n) is 1.44. The number of para-hydroxylation sites is 1. The first-order chi connectivity index (χ1) is 7.96. The van der Waals surface area contributed by atoms with E-state index in [0.29, 0.717) is 0 Å². The topological polar surface area (TPSA) is 50.7 Å². The second-order valence-corrected chi connectivity index (χ2v) is 3.31. The molecule has 0 aromatic heterocycles. The van der Waals surface area contributed by atoms with E-state index in [-0.39, 0.29) is 29.4 Å². The van der Waals surface area contributed by atoms with Crippen molar-refractivity contribution in [2.45, 2.75) is 12.8 Å². The summed E-state index contributed by atoms with van der Waals surface area (Å²) >= 11 is 0. The number of nitrogens with one attached hydrogen (secondary N) is 1. The van der Waals surface area contributed by atoms with Crippen molar-refractivity contribution < 1.29 is 22.7 Å². The summed E-state index contributed by atoms with van der Waals surface area (Å²) in [5, 5.41) is 3.65. The van der Waals surface area contributed by atoms with Gasteiger partial charge in [-0.15, -0.1) is 13.2 Å². The van der Waals surface area contributed by atoms with Gasteiger partial charge >= 0.3 is 6.36 Å². The van der Waals surface area contributed by atoms with E-state index in [9.17, 15) is 18.0 Å². The molecule has 0 spiro atoms. The number of alkyl halides is 3. The van der Waals surface area contributed by atoms with Crippen molar-refractivity contribution in [3.8, 4) is 5.75 Å². The normalized spacial score (nSPS) is 15.5. The first-order valence-electron chi connectivity index (χ1n) is 4.66. The summed E-state index contributed by atoms with van der Waals surface area (Å²) in [5.41, 5.74) is 2.56. The van der Waals surface area contributed by atoms with Gasteiger partial charge in [-0.05, 0) is 12.1 Å². The van der Waals surface area contributed by atoms with Crippen molar-refractivity contribution >= 4 is 11.6 Å². The Kier molecular flexibility index (Phi) is 2.74. The molecule has 1 aromatic rings. The van der Waals surface area contributed by atoms with Gasteiger partial charge in [0.1, 0.15) is 5.75 Å². The Bertz CT molecular complexity index is 483. The smallest absolute Gasteiger partial charge is 0.405 e. The number of carbonyl (C=O) groups excluding carboxylic acids is 1. The molecular formula is C10H7F3N2O2. The van der Waals surface area contributed by atoms with Crippen LogP contribution in [0.2, 0.25) is 0 Å². The molecule has 2 rings (SSSR count). The molecule has 90 valence electrons. The number of rotatable bonds is 2. The predicted molar refractivity (Wildman–Crippen MR) is 52.4 cm³/mol. The zero-order valence-corrected chi connectivity index (χ0v) is 8.41. The number of hydrogen-bond donors (Lipinski definition) is 1. The summed E-state index contributed by atoms with van der Waals surface area (Å²) in [4.78, 5) is 10.9. The third-order valence-corrected chi connectivity index (χ3v) is 2.07. The minimum Gasteiger partial charge on any atom is -0.405 e. The van der Waals surface area contributed by atoms with E-state index in [1.54, 1.807) is 6.07 Å². The lowest BCUT2D eigenvalue weighted by Gasteiger charge is -2.12. The van der Waals surface area contributed by atoms with Gasteiger partial charge in [0.15, 0.2) is 0 Å². The molecule has 0 bridgehead atoms. The van der Waals surface area contributed by atoms with E-state index in [4.69, 9.17) is 0 Å². The fraction of sp³-hybridized carbons (Fsp3) is 0.200. The second-order valence-electron chi connectivity index (χ2n) is 3.31. The molecule has 0 aliphatic carbocycles. The van der Waals surface area contributed by atoms with Crippen molar-refractivity contribution in [2.24, 2.45) is 5.10 Å². The largest absolute Gasteiger partial charge is 0.573 e. The number of amides is 1. The SMILES string of the molecule is O=C1CC(c2ccccc2OC(F)(F)F)=NN1. The molecular weight excluding hydrogens is 237 g/mol. The number of hydrazone groups is 1. The maximum atomic E-state index is 12.1. The summed E-state index contributed by atoms with van der Waals surface area (Å²) in [7, 11) is 0. The van der Waals surface area contributed by atoms with Crippen molar-refractivity contribution in [3.63, 3.8) is 0 Å². The van der Waals surface area contributed by atoms with E-state index in [1.807, 2.05) is 0 Å². The van der Waals surface area contributed by atoms with Crippen LogP contribution in [0.4, 0.5) is 13.2 Å². The van der Waals surface area contributed by atoms with Gasteiger partial charge in [-0.1, -0.05) is 12.1 Å². The highest BCUT2D eigenvalue weighted by Gasteiger charge is 2.33. The molecule has 1 aromatic carbocycles. The molecule has 1 N–H and O–H groups in total. The number of ether oxygens (including phenoxy) is 1. The van der Waals surface area contributed by atoms with Gasteiger partial charge < -0.3 is 4.74 Å². The number of benzene rings is 1. The lowest BCUT2D eigenvalue weighted by Crippen LogP contribution is -2.19. The van der Waals surface area contributed by atoms with Crippen LogP contribution < -0.4 is 10.2 Å². The minimum atomic E-state index is -4.77. The molecule has 17 heavy (non-hydrogen) atoms. The average molecular weight is 244 g/mol. The number of hydrogen-bond acceptors (Lipinski definition) is 3. The Morgan fingerprint density at radius 2 is 2.00 bits per heavy atom. The highest BCUT2D eigenvalue weighted by Crippen LogP contribution is 2.27. The van der Waals surface area contributed by atoms with Gasteiger partial charge in [-0.3, -0.25) is 4.79 Å². The monoisotopic (exact) mass is 244 g/mol. The third-order valence-electron chi connectivity index (χ3n) is 2.07. The summed E-state index contributed by atoms with van der Waals surface area (Å²) in [5.74, 6) is -0.725. The summed E-state index contributed by atoms with van der Waals surface area (Å²) in [6.45, 7) is 0. The molecule has 1 heterocycles. The van der Waals surface area contributed by atoms with E-state index in [0.717, 1.165) is 0 Å². The van der Waals surface area contributed by atoms with Crippen LogP contribution in [0.15, 0.2) is 29.4 Å². The maximum absolute atomic E-state index is 12.1. The zero-order valence-electron chi connectivity index (χ0n) is 8.41. The first kappa shape index (κ1) is 11.4. The quantitative estimate of drug-likeness (QED) is 0.862. The van der Waals surface area contributed by atoms with Crippen LogP contribution >= 0.6 is 0 Å². The Morgan fingerprint density at radius 3 is 2.59 bits per heavy atom. The van der Waals surface area contributed by atoms with E-state index < -0.39 is 6.36 Å². The van der Waals surface area contributed by atoms with Crippen LogP contribution in [-0.2, 0) is 4.79 Å². The molecule has 0 saturated heterocycles. The predicted octanol–water partition coefficient (Wildman–Crippen LogP) is 1.81. The van der Waals surface area contributed by atoms with Crippen molar-refractivity contribution in [2.75, 3.05) is 0 Å². The standard InChI is InChI=1S/C10H7F3N2O2/c11-10(12,13)17-8-4-2-1-3-6(8)7-5-9(16)15-14-7/h1-4H,5H2,(H,15,16). The highest BCUT2D eigenvalue weighted by atomic mass is 19.4. The molecule has 1 aliphatic rings. The molecule has 0 atom stereocenters. The van der Waals surface area contributed by atoms with E-state index >= 15 is 0 Å². The van der Waals surface area contributed by atoms with E-state index in [2.05, 4.69) is 15.3 Å². The lowest BCUT2D eigenvalue weighted by atomic mass is 10.1. The summed E-state index contributed by atoms with van der Waals surface area (Å²) in [6.07, 6.45) is -4.83. The van der Waals surface area contributed by atoms with Crippen molar-refractivity contribution in [3.05, 3.63) is 29.8 Å². The molecule has 0 unspecified atom stereocenters. The van der Waals surface area contributed by atoms with Gasteiger partial charge in [-0.2, -0.15) is 5.10 Å². The minimum absolute atomic E-state index is 0.0573. The van der Waals surface area contributed by atoms with Crippen LogP contribution in [0.1, 0.15) is 12.0 Å². The molecule has 1 amide bonds. The van der Waals surface area contributed by atoms with Gasteiger partial charge in [-0.25, -0.2) is 5.43 Å². The van der Waals surface area contributed by atoms with Crippen molar-refractivity contribution in [1.29, 1.82) is 0 Å². The van der Waals surface area contributed by atoms with Crippen LogP contribution in [0.25, 0.3) is 0 Å². The van der Waals surface area contributed by atoms with Gasteiger partial charge in [0, 0.05) is 5.56 Å². The van der Waals surface area contributed by atoms with Crippen LogP contribution in [0.5, 0.6) is 5.75 Å². The maximum Gasteiger partial charge on any atom is 0.573 e. The fourth-order valence-corrected chi connectivity index (χ4v) is 1.44. The van der Waals surface area contributed by atoms with Crippen LogP contribution in [0.3, 0.4) is 0 Å². The van der Waals surface area contributed by atoms with Gasteiger partial charge in [0.25, 0.3) is 0 Å². The second kappa shape index (κ2) is 4.08. The molecule has 0 saturated carbocycles. The number of nitrogens with zero attached hydrogens (tertiary/aromatic N) is 1. The Labute approximate surface area is 94.1 Å². The van der Waals surface area contributed by atoms with Crippen LogP contribution in [0, 0.1) is 0 Å². The first-order valence-corrected chi connectivity index (χ1v) is 4.66. The molecule has 4 nitrogen and oxygen atoms in total. The van der Waals surface area contributed by atoms with E-state index in [1.165, 1.54) is 18.2 Å². The lowest BCUT2D eigenvalue weighted by molar-refractivity contribution is -0.274. The highest BCUT2D eigenvalue weighted by molar-refractivity contribution is 6.14.